The minimum atomic E-state index is -3.07. The zero-order valence-corrected chi connectivity index (χ0v) is 6.39. The third-order valence-corrected chi connectivity index (χ3v) is 1.47. The molecule has 0 heterocycles. The van der Waals surface area contributed by atoms with Crippen molar-refractivity contribution in [1.82, 2.24) is 0 Å². The summed E-state index contributed by atoms with van der Waals surface area (Å²) in [4.78, 5) is 0. The standard InChI is InChI=1S/C6H13FO5/c7-6(12,1-2-8)5(11)4(10)3-9/h4-5,8-12H,1-3H2/t4-,5-,6-/m1/s1. The van der Waals surface area contributed by atoms with Gasteiger partial charge in [-0.25, -0.2) is 4.39 Å². The molecule has 12 heavy (non-hydrogen) atoms. The summed E-state index contributed by atoms with van der Waals surface area (Å²) in [6.45, 7) is -1.53. The van der Waals surface area contributed by atoms with Crippen LogP contribution in [0.1, 0.15) is 6.42 Å². The van der Waals surface area contributed by atoms with Gasteiger partial charge in [0.2, 0.25) is 5.85 Å². The Balaban J connectivity index is 4.13. The van der Waals surface area contributed by atoms with E-state index in [0.717, 1.165) is 0 Å². The SMILES string of the molecule is OCC[C@](O)(F)[C@H](O)[C@H](O)CO. The van der Waals surface area contributed by atoms with E-state index in [2.05, 4.69) is 0 Å². The normalized spacial score (nSPS) is 21.5. The van der Waals surface area contributed by atoms with Crippen molar-refractivity contribution in [3.05, 3.63) is 0 Å². The monoisotopic (exact) mass is 184 g/mol. The highest BCUT2D eigenvalue weighted by molar-refractivity contribution is 4.81. The fourth-order valence-corrected chi connectivity index (χ4v) is 0.699. The van der Waals surface area contributed by atoms with Gasteiger partial charge in [0.25, 0.3) is 0 Å². The van der Waals surface area contributed by atoms with Gasteiger partial charge in [0, 0.05) is 13.0 Å². The maximum atomic E-state index is 12.8. The molecule has 74 valence electrons. The van der Waals surface area contributed by atoms with E-state index in [4.69, 9.17) is 25.5 Å². The Kier molecular flexibility index (Phi) is 4.58. The lowest BCUT2D eigenvalue weighted by molar-refractivity contribution is -0.211. The number of alkyl halides is 1. The predicted molar refractivity (Wildman–Crippen MR) is 36.9 cm³/mol. The molecule has 5 nitrogen and oxygen atoms in total. The van der Waals surface area contributed by atoms with Gasteiger partial charge in [-0.1, -0.05) is 0 Å². The van der Waals surface area contributed by atoms with E-state index in [-0.39, 0.29) is 0 Å². The second kappa shape index (κ2) is 4.68. The topological polar surface area (TPSA) is 101 Å². The highest BCUT2D eigenvalue weighted by atomic mass is 19.2. The van der Waals surface area contributed by atoms with E-state index in [1.165, 1.54) is 0 Å². The van der Waals surface area contributed by atoms with Crippen LogP contribution in [0, 0.1) is 0 Å². The lowest BCUT2D eigenvalue weighted by atomic mass is 10.0. The van der Waals surface area contributed by atoms with Gasteiger partial charge in [-0.15, -0.1) is 0 Å². The molecule has 0 aromatic rings. The van der Waals surface area contributed by atoms with Crippen LogP contribution in [-0.4, -0.2) is 56.8 Å². The molecule has 0 aliphatic rings. The van der Waals surface area contributed by atoms with Gasteiger partial charge in [0.15, 0.2) is 0 Å². The highest BCUT2D eigenvalue weighted by Gasteiger charge is 2.39. The molecule has 0 bridgehead atoms. The van der Waals surface area contributed by atoms with Crippen molar-refractivity contribution in [3.63, 3.8) is 0 Å². The fourth-order valence-electron chi connectivity index (χ4n) is 0.699. The Hall–Kier alpha value is -0.270. The van der Waals surface area contributed by atoms with Crippen LogP contribution in [0.25, 0.3) is 0 Å². The van der Waals surface area contributed by atoms with Crippen molar-refractivity contribution in [2.75, 3.05) is 13.2 Å². The van der Waals surface area contributed by atoms with Gasteiger partial charge < -0.3 is 25.5 Å². The Morgan fingerprint density at radius 1 is 1.25 bits per heavy atom. The third kappa shape index (κ3) is 3.00. The molecule has 0 aromatic heterocycles. The van der Waals surface area contributed by atoms with Crippen LogP contribution in [0.4, 0.5) is 4.39 Å². The summed E-state index contributed by atoms with van der Waals surface area (Å²) < 4.78 is 12.8. The number of halogens is 1. The van der Waals surface area contributed by atoms with Crippen LogP contribution in [-0.2, 0) is 0 Å². The lowest BCUT2D eigenvalue weighted by Crippen LogP contribution is -2.47. The molecule has 3 atom stereocenters. The summed E-state index contributed by atoms with van der Waals surface area (Å²) >= 11 is 0. The van der Waals surface area contributed by atoms with Crippen molar-refractivity contribution in [3.8, 4) is 0 Å². The maximum absolute atomic E-state index is 12.8. The van der Waals surface area contributed by atoms with E-state index < -0.39 is 37.7 Å². The molecule has 0 rings (SSSR count). The second-order valence-corrected chi connectivity index (χ2v) is 2.49. The van der Waals surface area contributed by atoms with E-state index in [9.17, 15) is 4.39 Å². The van der Waals surface area contributed by atoms with Crippen LogP contribution >= 0.6 is 0 Å². The average Bonchev–Trinajstić information content (AvgIpc) is 2.01. The third-order valence-electron chi connectivity index (χ3n) is 1.47. The van der Waals surface area contributed by atoms with E-state index in [0.29, 0.717) is 0 Å². The summed E-state index contributed by atoms with van der Waals surface area (Å²) in [7, 11) is 0. The summed E-state index contributed by atoms with van der Waals surface area (Å²) in [5.74, 6) is -3.07. The molecule has 0 aliphatic carbocycles. The van der Waals surface area contributed by atoms with Gasteiger partial charge in [-0.05, 0) is 0 Å². The highest BCUT2D eigenvalue weighted by Crippen LogP contribution is 2.19. The molecule has 0 saturated carbocycles. The zero-order chi connectivity index (χ0) is 9.78. The first-order chi connectivity index (χ1) is 5.45. The summed E-state index contributed by atoms with van der Waals surface area (Å²) in [6.07, 6.45) is -4.59. The Bertz CT molecular complexity index is 129. The van der Waals surface area contributed by atoms with Crippen LogP contribution in [0.3, 0.4) is 0 Å². The number of rotatable bonds is 5. The number of aliphatic hydroxyl groups excluding tert-OH is 4. The number of aliphatic hydroxyl groups is 5. The molecule has 0 radical (unpaired) electrons. The maximum Gasteiger partial charge on any atom is 0.237 e. The minimum Gasteiger partial charge on any atom is -0.396 e. The first-order valence-corrected chi connectivity index (χ1v) is 3.45. The van der Waals surface area contributed by atoms with Crippen molar-refractivity contribution < 1.29 is 29.9 Å². The second-order valence-electron chi connectivity index (χ2n) is 2.49. The first kappa shape index (κ1) is 11.7. The number of hydrogen-bond acceptors (Lipinski definition) is 5. The Morgan fingerprint density at radius 2 is 1.75 bits per heavy atom. The van der Waals surface area contributed by atoms with Crippen LogP contribution < -0.4 is 0 Å². The van der Waals surface area contributed by atoms with Gasteiger partial charge in [0.05, 0.1) is 6.61 Å². The van der Waals surface area contributed by atoms with E-state index >= 15 is 0 Å². The van der Waals surface area contributed by atoms with Crippen LogP contribution in [0.2, 0.25) is 0 Å². The van der Waals surface area contributed by atoms with Gasteiger partial charge in [0.1, 0.15) is 12.2 Å². The van der Waals surface area contributed by atoms with Gasteiger partial charge in [-0.3, -0.25) is 0 Å². The van der Waals surface area contributed by atoms with Crippen molar-refractivity contribution in [2.45, 2.75) is 24.5 Å². The average molecular weight is 184 g/mol. The fraction of sp³-hybridized carbons (Fsp3) is 1.00. The molecule has 0 fully saturated rings. The smallest absolute Gasteiger partial charge is 0.237 e. The molecular weight excluding hydrogens is 171 g/mol. The summed E-state index contributed by atoms with van der Waals surface area (Å²) in [5.41, 5.74) is 0. The van der Waals surface area contributed by atoms with E-state index in [1.54, 1.807) is 0 Å². The number of hydrogen-bond donors (Lipinski definition) is 5. The molecule has 0 unspecified atom stereocenters. The molecule has 0 aromatic carbocycles. The summed E-state index contributed by atoms with van der Waals surface area (Å²) in [5, 5.41) is 42.8. The zero-order valence-electron chi connectivity index (χ0n) is 6.39. The van der Waals surface area contributed by atoms with Crippen molar-refractivity contribution >= 4 is 0 Å². The Labute approximate surface area is 68.7 Å². The molecule has 0 spiro atoms. The first-order valence-electron chi connectivity index (χ1n) is 3.45. The van der Waals surface area contributed by atoms with Gasteiger partial charge >= 0.3 is 0 Å². The minimum absolute atomic E-state index is 0.664. The van der Waals surface area contributed by atoms with Crippen LogP contribution in [0.15, 0.2) is 0 Å². The molecule has 6 heteroatoms. The van der Waals surface area contributed by atoms with Crippen LogP contribution in [0.5, 0.6) is 0 Å². The molecule has 0 amide bonds. The molecule has 5 N–H and O–H groups in total. The molecule has 0 aliphatic heterocycles. The predicted octanol–water partition coefficient (Wildman–Crippen LogP) is -2.26. The Morgan fingerprint density at radius 3 is 2.08 bits per heavy atom. The summed E-state index contributed by atoms with van der Waals surface area (Å²) in [6, 6.07) is 0. The van der Waals surface area contributed by atoms with E-state index in [1.807, 2.05) is 0 Å². The van der Waals surface area contributed by atoms with Crippen molar-refractivity contribution in [2.24, 2.45) is 0 Å². The molecular formula is C6H13FO5. The van der Waals surface area contributed by atoms with Crippen molar-refractivity contribution in [1.29, 1.82) is 0 Å². The molecule has 0 saturated heterocycles. The quantitative estimate of drug-likeness (QED) is 0.332. The lowest BCUT2D eigenvalue weighted by Gasteiger charge is -2.26. The largest absolute Gasteiger partial charge is 0.396 e. The van der Waals surface area contributed by atoms with Gasteiger partial charge in [-0.2, -0.15) is 0 Å².